The first-order valence-electron chi connectivity index (χ1n) is 8.96. The molecule has 0 bridgehead atoms. The Hall–Kier alpha value is -2.21. The van der Waals surface area contributed by atoms with Crippen molar-refractivity contribution in [3.8, 4) is 0 Å². The minimum absolute atomic E-state index is 0.0424. The van der Waals surface area contributed by atoms with E-state index in [4.69, 9.17) is 0 Å². The molecule has 1 amide bonds. The Morgan fingerprint density at radius 2 is 2.12 bits per heavy atom. The Morgan fingerprint density at radius 1 is 1.32 bits per heavy atom. The number of carbonyl (C=O) groups excluding carboxylic acids is 1. The molecule has 6 heteroatoms. The van der Waals surface area contributed by atoms with E-state index in [1.807, 2.05) is 23.0 Å². The molecular formula is C19H23FN4O. The monoisotopic (exact) mass is 342 g/mol. The fraction of sp³-hybridized carbons (Fsp3) is 0.474. The van der Waals surface area contributed by atoms with Crippen LogP contribution in [0, 0.1) is 5.82 Å². The zero-order valence-corrected chi connectivity index (χ0v) is 14.2. The third kappa shape index (κ3) is 3.44. The van der Waals surface area contributed by atoms with Crippen molar-refractivity contribution < 1.29 is 9.18 Å². The molecule has 2 heterocycles. The summed E-state index contributed by atoms with van der Waals surface area (Å²) in [7, 11) is 0. The molecule has 132 valence electrons. The van der Waals surface area contributed by atoms with Crippen molar-refractivity contribution in [3.63, 3.8) is 0 Å². The predicted molar refractivity (Wildman–Crippen MR) is 93.0 cm³/mol. The van der Waals surface area contributed by atoms with Crippen molar-refractivity contribution >= 4 is 5.91 Å². The van der Waals surface area contributed by atoms with Crippen LogP contribution in [-0.2, 0) is 5.41 Å². The van der Waals surface area contributed by atoms with Gasteiger partial charge in [-0.25, -0.2) is 4.39 Å². The summed E-state index contributed by atoms with van der Waals surface area (Å²) < 4.78 is 15.0. The van der Waals surface area contributed by atoms with E-state index in [0.29, 0.717) is 18.3 Å². The van der Waals surface area contributed by atoms with Gasteiger partial charge in [-0.3, -0.25) is 9.48 Å². The number of hydrogen-bond donors (Lipinski definition) is 2. The Balaban J connectivity index is 1.37. The Labute approximate surface area is 146 Å². The number of hydrogen-bond acceptors (Lipinski definition) is 3. The van der Waals surface area contributed by atoms with Crippen LogP contribution < -0.4 is 10.6 Å². The molecule has 1 saturated carbocycles. The van der Waals surface area contributed by atoms with Gasteiger partial charge in [-0.1, -0.05) is 12.1 Å². The van der Waals surface area contributed by atoms with E-state index in [-0.39, 0.29) is 17.1 Å². The van der Waals surface area contributed by atoms with E-state index in [9.17, 15) is 9.18 Å². The standard InChI is InChI=1S/C19H23FN4O/c20-15-5-3-14(4-6-15)19(8-9-19)13-22-18(25)17-7-11-24(23-17)16-2-1-10-21-12-16/h3-7,11,16,21H,1-2,8-10,12-13H2,(H,22,25). The number of piperidine rings is 1. The second-order valence-corrected chi connectivity index (χ2v) is 7.15. The maximum absolute atomic E-state index is 13.1. The van der Waals surface area contributed by atoms with Crippen LogP contribution in [-0.4, -0.2) is 35.3 Å². The van der Waals surface area contributed by atoms with Gasteiger partial charge in [0, 0.05) is 24.7 Å². The van der Waals surface area contributed by atoms with Crippen LogP contribution in [0.25, 0.3) is 0 Å². The Morgan fingerprint density at radius 3 is 2.80 bits per heavy atom. The summed E-state index contributed by atoms with van der Waals surface area (Å²) in [5.74, 6) is -0.373. The molecule has 2 fully saturated rings. The molecular weight excluding hydrogens is 319 g/mol. The molecule has 1 aliphatic carbocycles. The number of nitrogens with zero attached hydrogens (tertiary/aromatic N) is 2. The van der Waals surface area contributed by atoms with E-state index in [0.717, 1.165) is 44.3 Å². The zero-order valence-electron chi connectivity index (χ0n) is 14.2. The number of nitrogens with one attached hydrogen (secondary N) is 2. The summed E-state index contributed by atoms with van der Waals surface area (Å²) >= 11 is 0. The molecule has 2 aliphatic rings. The Kier molecular flexibility index (Phi) is 4.29. The van der Waals surface area contributed by atoms with Crippen LogP contribution in [0.1, 0.15) is 47.8 Å². The first-order chi connectivity index (χ1) is 12.2. The van der Waals surface area contributed by atoms with Crippen LogP contribution in [0.15, 0.2) is 36.5 Å². The maximum atomic E-state index is 13.1. The smallest absolute Gasteiger partial charge is 0.271 e. The highest BCUT2D eigenvalue weighted by Gasteiger charge is 2.44. The van der Waals surface area contributed by atoms with E-state index in [1.165, 1.54) is 12.1 Å². The normalized spacial score (nSPS) is 21.7. The summed E-state index contributed by atoms with van der Waals surface area (Å²) in [5.41, 5.74) is 1.51. The molecule has 1 aliphatic heterocycles. The second-order valence-electron chi connectivity index (χ2n) is 7.15. The highest BCUT2D eigenvalue weighted by atomic mass is 19.1. The quantitative estimate of drug-likeness (QED) is 0.877. The Bertz CT molecular complexity index is 745. The number of benzene rings is 1. The van der Waals surface area contributed by atoms with Crippen LogP contribution in [0.4, 0.5) is 4.39 Å². The lowest BCUT2D eigenvalue weighted by Gasteiger charge is -2.22. The topological polar surface area (TPSA) is 59.0 Å². The van der Waals surface area contributed by atoms with Gasteiger partial charge in [-0.15, -0.1) is 0 Å². The maximum Gasteiger partial charge on any atom is 0.271 e. The first kappa shape index (κ1) is 16.3. The van der Waals surface area contributed by atoms with Crippen molar-refractivity contribution in [2.75, 3.05) is 19.6 Å². The lowest BCUT2D eigenvalue weighted by molar-refractivity contribution is 0.0943. The molecule has 0 radical (unpaired) electrons. The van der Waals surface area contributed by atoms with Crippen molar-refractivity contribution in [3.05, 3.63) is 53.6 Å². The summed E-state index contributed by atoms with van der Waals surface area (Å²) in [6, 6.07) is 8.71. The number of amides is 1. The predicted octanol–water partition coefficient (Wildman–Crippen LogP) is 2.41. The molecule has 1 unspecified atom stereocenters. The minimum atomic E-state index is -0.230. The third-order valence-electron chi connectivity index (χ3n) is 5.38. The van der Waals surface area contributed by atoms with Crippen molar-refractivity contribution in [2.45, 2.75) is 37.1 Å². The number of rotatable bonds is 5. The molecule has 4 rings (SSSR count). The molecule has 2 aromatic rings. The highest BCUT2D eigenvalue weighted by molar-refractivity contribution is 5.92. The van der Waals surface area contributed by atoms with Crippen molar-refractivity contribution in [2.24, 2.45) is 0 Å². The molecule has 0 spiro atoms. The summed E-state index contributed by atoms with van der Waals surface area (Å²) in [6.07, 6.45) is 6.14. The van der Waals surface area contributed by atoms with Gasteiger partial charge in [0.05, 0.1) is 6.04 Å². The summed E-state index contributed by atoms with van der Waals surface area (Å²) in [4.78, 5) is 12.4. The lowest BCUT2D eigenvalue weighted by Crippen LogP contribution is -2.33. The molecule has 1 aromatic heterocycles. The van der Waals surface area contributed by atoms with Gasteiger partial charge in [-0.05, 0) is 56.0 Å². The van der Waals surface area contributed by atoms with Crippen molar-refractivity contribution in [1.82, 2.24) is 20.4 Å². The van der Waals surface area contributed by atoms with Gasteiger partial charge >= 0.3 is 0 Å². The summed E-state index contributed by atoms with van der Waals surface area (Å²) in [6.45, 7) is 2.52. The SMILES string of the molecule is O=C(NCC1(c2ccc(F)cc2)CC1)c1ccn(C2CCCNC2)n1. The third-order valence-corrected chi connectivity index (χ3v) is 5.38. The van der Waals surface area contributed by atoms with Crippen molar-refractivity contribution in [1.29, 1.82) is 0 Å². The molecule has 25 heavy (non-hydrogen) atoms. The summed E-state index contributed by atoms with van der Waals surface area (Å²) in [5, 5.41) is 10.8. The van der Waals surface area contributed by atoms with E-state index in [1.54, 1.807) is 6.07 Å². The average molecular weight is 342 g/mol. The van der Waals surface area contributed by atoms with Gasteiger partial charge in [0.2, 0.25) is 0 Å². The van der Waals surface area contributed by atoms with Crippen LogP contribution in [0.5, 0.6) is 0 Å². The lowest BCUT2D eigenvalue weighted by atomic mass is 9.96. The fourth-order valence-corrected chi connectivity index (χ4v) is 3.58. The van der Waals surface area contributed by atoms with Gasteiger partial charge in [0.15, 0.2) is 0 Å². The van der Waals surface area contributed by atoms with E-state index >= 15 is 0 Å². The highest BCUT2D eigenvalue weighted by Crippen LogP contribution is 2.47. The molecule has 5 nitrogen and oxygen atoms in total. The van der Waals surface area contributed by atoms with Gasteiger partial charge in [0.1, 0.15) is 11.5 Å². The van der Waals surface area contributed by atoms with E-state index < -0.39 is 0 Å². The van der Waals surface area contributed by atoms with Gasteiger partial charge in [-0.2, -0.15) is 5.10 Å². The van der Waals surface area contributed by atoms with E-state index in [2.05, 4.69) is 15.7 Å². The van der Waals surface area contributed by atoms with Crippen LogP contribution >= 0.6 is 0 Å². The van der Waals surface area contributed by atoms with Crippen LogP contribution in [0.2, 0.25) is 0 Å². The fourth-order valence-electron chi connectivity index (χ4n) is 3.58. The molecule has 1 saturated heterocycles. The minimum Gasteiger partial charge on any atom is -0.350 e. The number of aromatic nitrogens is 2. The first-order valence-corrected chi connectivity index (χ1v) is 8.96. The second kappa shape index (κ2) is 6.59. The number of halogens is 1. The number of carbonyl (C=O) groups is 1. The largest absolute Gasteiger partial charge is 0.350 e. The van der Waals surface area contributed by atoms with Gasteiger partial charge < -0.3 is 10.6 Å². The zero-order chi connectivity index (χ0) is 17.3. The molecule has 1 atom stereocenters. The molecule has 1 aromatic carbocycles. The van der Waals surface area contributed by atoms with Crippen LogP contribution in [0.3, 0.4) is 0 Å². The van der Waals surface area contributed by atoms with Gasteiger partial charge in [0.25, 0.3) is 5.91 Å². The average Bonchev–Trinajstić information content (AvgIpc) is 3.27. The molecule has 2 N–H and O–H groups in total.